The van der Waals surface area contributed by atoms with Gasteiger partial charge in [0.15, 0.2) is 0 Å². The molecule has 2 rings (SSSR count). The van der Waals surface area contributed by atoms with E-state index in [2.05, 4.69) is 31.2 Å². The Labute approximate surface area is 113 Å². The summed E-state index contributed by atoms with van der Waals surface area (Å²) in [6.07, 6.45) is 0. The normalized spacial score (nSPS) is 10.4. The van der Waals surface area contributed by atoms with Crippen molar-refractivity contribution in [2.45, 2.75) is 13.8 Å². The average molecular weight is 311 g/mol. The first-order chi connectivity index (χ1) is 8.47. The van der Waals surface area contributed by atoms with E-state index in [0.717, 1.165) is 0 Å². The molecule has 0 amide bonds. The Kier molecular flexibility index (Phi) is 3.47. The van der Waals surface area contributed by atoms with Crippen molar-refractivity contribution >= 4 is 33.3 Å². The largest absolute Gasteiger partial charge is 0.383 e. The molecule has 94 valence electrons. The summed E-state index contributed by atoms with van der Waals surface area (Å²) < 4.78 is 14.4. The van der Waals surface area contributed by atoms with Crippen LogP contribution in [0.3, 0.4) is 0 Å². The quantitative estimate of drug-likeness (QED) is 0.893. The molecule has 4 nitrogen and oxygen atoms in total. The number of anilines is 3. The molecule has 0 spiro atoms. The number of rotatable bonds is 2. The molecule has 0 aliphatic carbocycles. The van der Waals surface area contributed by atoms with E-state index in [1.165, 1.54) is 6.07 Å². The molecule has 0 saturated carbocycles. The summed E-state index contributed by atoms with van der Waals surface area (Å²) in [6.45, 7) is 3.52. The average Bonchev–Trinajstić information content (AvgIpc) is 2.29. The summed E-state index contributed by atoms with van der Waals surface area (Å²) in [5, 5.41) is 2.92. The Bertz CT molecular complexity index is 601. The molecule has 0 radical (unpaired) electrons. The van der Waals surface area contributed by atoms with Gasteiger partial charge in [-0.15, -0.1) is 0 Å². The Morgan fingerprint density at radius 2 is 2.00 bits per heavy atom. The van der Waals surface area contributed by atoms with Crippen LogP contribution in [0.25, 0.3) is 0 Å². The molecule has 2 aromatic rings. The lowest BCUT2D eigenvalue weighted by molar-refractivity contribution is 0.631. The number of hydrogen-bond acceptors (Lipinski definition) is 4. The molecule has 1 aromatic heterocycles. The van der Waals surface area contributed by atoms with E-state index in [0.29, 0.717) is 33.2 Å². The Morgan fingerprint density at radius 1 is 1.28 bits per heavy atom. The van der Waals surface area contributed by atoms with Crippen molar-refractivity contribution in [2.24, 2.45) is 0 Å². The third-order valence-electron chi connectivity index (χ3n) is 2.48. The molecule has 3 N–H and O–H groups in total. The molecule has 0 aliphatic rings. The maximum absolute atomic E-state index is 13.7. The highest BCUT2D eigenvalue weighted by molar-refractivity contribution is 9.10. The number of nitrogens with one attached hydrogen (secondary N) is 1. The first-order valence-corrected chi connectivity index (χ1v) is 6.09. The smallest absolute Gasteiger partial charge is 0.147 e. The highest BCUT2D eigenvalue weighted by Gasteiger charge is 2.09. The molecule has 1 aromatic carbocycles. The zero-order valence-corrected chi connectivity index (χ0v) is 11.5. The number of halogens is 2. The maximum atomic E-state index is 13.7. The predicted octanol–water partition coefficient (Wildman–Crippen LogP) is 3.32. The zero-order chi connectivity index (χ0) is 13.3. The van der Waals surface area contributed by atoms with Crippen LogP contribution in [0.4, 0.5) is 21.7 Å². The number of aromatic nitrogens is 2. The van der Waals surface area contributed by atoms with Crippen LogP contribution in [-0.2, 0) is 0 Å². The molecule has 0 fully saturated rings. The maximum Gasteiger partial charge on any atom is 0.147 e. The standard InChI is InChI=1S/C12H12BrFN4/c1-6-11(15)16-7(2)17-12(6)18-10-4-3-8(13)5-9(10)14/h3-5H,1-2H3,(H3,15,16,17,18). The van der Waals surface area contributed by atoms with Crippen molar-refractivity contribution < 1.29 is 4.39 Å². The second-order valence-corrected chi connectivity index (χ2v) is 4.79. The van der Waals surface area contributed by atoms with Crippen LogP contribution >= 0.6 is 15.9 Å². The fourth-order valence-corrected chi connectivity index (χ4v) is 1.82. The van der Waals surface area contributed by atoms with E-state index in [4.69, 9.17) is 5.73 Å². The Morgan fingerprint density at radius 3 is 2.67 bits per heavy atom. The van der Waals surface area contributed by atoms with Crippen LogP contribution in [0.5, 0.6) is 0 Å². The fourth-order valence-electron chi connectivity index (χ4n) is 1.49. The summed E-state index contributed by atoms with van der Waals surface area (Å²) in [4.78, 5) is 8.25. The van der Waals surface area contributed by atoms with Gasteiger partial charge in [-0.1, -0.05) is 15.9 Å². The molecule has 18 heavy (non-hydrogen) atoms. The van der Waals surface area contributed by atoms with Gasteiger partial charge in [0.05, 0.1) is 5.69 Å². The van der Waals surface area contributed by atoms with Gasteiger partial charge in [-0.3, -0.25) is 0 Å². The third-order valence-corrected chi connectivity index (χ3v) is 2.97. The summed E-state index contributed by atoms with van der Waals surface area (Å²) in [5.41, 5.74) is 6.79. The third kappa shape index (κ3) is 2.59. The highest BCUT2D eigenvalue weighted by Crippen LogP contribution is 2.25. The second-order valence-electron chi connectivity index (χ2n) is 3.88. The van der Waals surface area contributed by atoms with Crippen molar-refractivity contribution in [1.82, 2.24) is 9.97 Å². The number of nitrogens with two attached hydrogens (primary N) is 1. The minimum atomic E-state index is -0.362. The first kappa shape index (κ1) is 12.8. The van der Waals surface area contributed by atoms with Crippen LogP contribution < -0.4 is 11.1 Å². The van der Waals surface area contributed by atoms with Gasteiger partial charge in [0.25, 0.3) is 0 Å². The van der Waals surface area contributed by atoms with Crippen molar-refractivity contribution in [3.05, 3.63) is 39.9 Å². The molecule has 0 aliphatic heterocycles. The molecule has 0 atom stereocenters. The van der Waals surface area contributed by atoms with Crippen molar-refractivity contribution in [3.8, 4) is 0 Å². The molecule has 6 heteroatoms. The lowest BCUT2D eigenvalue weighted by Crippen LogP contribution is -2.05. The number of aryl methyl sites for hydroxylation is 1. The molecule has 1 heterocycles. The lowest BCUT2D eigenvalue weighted by atomic mass is 10.2. The van der Waals surface area contributed by atoms with E-state index >= 15 is 0 Å². The van der Waals surface area contributed by atoms with E-state index in [1.54, 1.807) is 26.0 Å². The van der Waals surface area contributed by atoms with Gasteiger partial charge in [0, 0.05) is 10.0 Å². The summed E-state index contributed by atoms with van der Waals surface area (Å²) >= 11 is 3.21. The molecular formula is C12H12BrFN4. The molecular weight excluding hydrogens is 299 g/mol. The number of hydrogen-bond donors (Lipinski definition) is 2. The van der Waals surface area contributed by atoms with Gasteiger partial charge in [-0.2, -0.15) is 0 Å². The van der Waals surface area contributed by atoms with E-state index in [9.17, 15) is 4.39 Å². The van der Waals surface area contributed by atoms with Crippen LogP contribution in [0.1, 0.15) is 11.4 Å². The monoisotopic (exact) mass is 310 g/mol. The first-order valence-electron chi connectivity index (χ1n) is 5.30. The SMILES string of the molecule is Cc1nc(N)c(C)c(Nc2ccc(Br)cc2F)n1. The second kappa shape index (κ2) is 4.89. The van der Waals surface area contributed by atoms with Crippen LogP contribution in [0.15, 0.2) is 22.7 Å². The number of nitrogen functional groups attached to an aromatic ring is 1. The van der Waals surface area contributed by atoms with Crippen molar-refractivity contribution in [3.63, 3.8) is 0 Å². The molecule has 0 bridgehead atoms. The number of benzene rings is 1. The van der Waals surface area contributed by atoms with Crippen LogP contribution in [0.2, 0.25) is 0 Å². The lowest BCUT2D eigenvalue weighted by Gasteiger charge is -2.11. The van der Waals surface area contributed by atoms with Gasteiger partial charge in [0.2, 0.25) is 0 Å². The fraction of sp³-hybridized carbons (Fsp3) is 0.167. The van der Waals surface area contributed by atoms with Gasteiger partial charge < -0.3 is 11.1 Å². The van der Waals surface area contributed by atoms with E-state index in [-0.39, 0.29) is 5.82 Å². The summed E-state index contributed by atoms with van der Waals surface area (Å²) in [5.74, 6) is 1.08. The van der Waals surface area contributed by atoms with Gasteiger partial charge in [-0.25, -0.2) is 14.4 Å². The van der Waals surface area contributed by atoms with Crippen molar-refractivity contribution in [2.75, 3.05) is 11.1 Å². The van der Waals surface area contributed by atoms with Crippen molar-refractivity contribution in [1.29, 1.82) is 0 Å². The topological polar surface area (TPSA) is 63.8 Å². The van der Waals surface area contributed by atoms with Crippen LogP contribution in [0, 0.1) is 19.7 Å². The highest BCUT2D eigenvalue weighted by atomic mass is 79.9. The minimum absolute atomic E-state index is 0.346. The van der Waals surface area contributed by atoms with Gasteiger partial charge >= 0.3 is 0 Å². The summed E-state index contributed by atoms with van der Waals surface area (Å²) in [7, 11) is 0. The number of nitrogens with zero attached hydrogens (tertiary/aromatic N) is 2. The van der Waals surface area contributed by atoms with Gasteiger partial charge in [-0.05, 0) is 32.0 Å². The Balaban J connectivity index is 2.40. The predicted molar refractivity (Wildman–Crippen MR) is 73.3 cm³/mol. The summed E-state index contributed by atoms with van der Waals surface area (Å²) in [6, 6.07) is 4.76. The Hall–Kier alpha value is -1.69. The zero-order valence-electron chi connectivity index (χ0n) is 9.96. The van der Waals surface area contributed by atoms with E-state index < -0.39 is 0 Å². The minimum Gasteiger partial charge on any atom is -0.383 e. The van der Waals surface area contributed by atoms with E-state index in [1.807, 2.05) is 0 Å². The van der Waals surface area contributed by atoms with Gasteiger partial charge in [0.1, 0.15) is 23.3 Å². The molecule has 0 unspecified atom stereocenters. The van der Waals surface area contributed by atoms with Crippen LogP contribution in [-0.4, -0.2) is 9.97 Å². The molecule has 0 saturated heterocycles.